The monoisotopic (exact) mass is 549 g/mol. The highest BCUT2D eigenvalue weighted by Gasteiger charge is 2.33. The molecule has 7 nitrogen and oxygen atoms in total. The van der Waals surface area contributed by atoms with Crippen LogP contribution in [0.25, 0.3) is 21.2 Å². The number of nitrogen functional groups attached to an aromatic ring is 1. The van der Waals surface area contributed by atoms with Gasteiger partial charge in [0.05, 0.1) is 12.1 Å². The van der Waals surface area contributed by atoms with E-state index in [1.807, 2.05) is 47.4 Å². The van der Waals surface area contributed by atoms with Crippen LogP contribution in [0.2, 0.25) is 5.02 Å². The molecule has 9 heteroatoms. The second kappa shape index (κ2) is 11.3. The molecular weight excluding hydrogens is 518 g/mol. The minimum Gasteiger partial charge on any atom is -0.496 e. The third kappa shape index (κ3) is 5.34. The Morgan fingerprint density at radius 2 is 1.74 bits per heavy atom. The molecule has 0 atom stereocenters. The lowest BCUT2D eigenvalue weighted by Crippen LogP contribution is -2.44. The van der Waals surface area contributed by atoms with Gasteiger partial charge < -0.3 is 20.3 Å². The van der Waals surface area contributed by atoms with Crippen LogP contribution in [-0.2, 0) is 6.54 Å². The molecule has 1 aliphatic carbocycles. The number of methoxy groups -OCH3 is 1. The third-order valence-corrected chi connectivity index (χ3v) is 9.12. The molecule has 0 bridgehead atoms. The van der Waals surface area contributed by atoms with Gasteiger partial charge in [-0.05, 0) is 63.5 Å². The van der Waals surface area contributed by atoms with Gasteiger partial charge in [-0.15, -0.1) is 11.3 Å². The highest BCUT2D eigenvalue weighted by molar-refractivity contribution is 7.21. The van der Waals surface area contributed by atoms with E-state index in [0.717, 1.165) is 58.2 Å². The zero-order valence-corrected chi connectivity index (χ0v) is 23.4. The maximum absolute atomic E-state index is 14.2. The number of carbonyl (C=O) groups is 1. The fourth-order valence-corrected chi connectivity index (χ4v) is 6.76. The summed E-state index contributed by atoms with van der Waals surface area (Å²) in [5.41, 5.74) is 8.39. The van der Waals surface area contributed by atoms with E-state index in [4.69, 9.17) is 22.1 Å². The van der Waals surface area contributed by atoms with Crippen molar-refractivity contribution in [1.82, 2.24) is 19.8 Å². The summed E-state index contributed by atoms with van der Waals surface area (Å²) >= 11 is 8.25. The fourth-order valence-electron chi connectivity index (χ4n) is 5.29. The lowest BCUT2D eigenvalue weighted by Gasteiger charge is -2.39. The number of benzene rings is 2. The number of hydrogen-bond acceptors (Lipinski definition) is 7. The van der Waals surface area contributed by atoms with E-state index >= 15 is 0 Å². The summed E-state index contributed by atoms with van der Waals surface area (Å²) in [6, 6.07) is 14.5. The van der Waals surface area contributed by atoms with E-state index in [9.17, 15) is 4.79 Å². The highest BCUT2D eigenvalue weighted by atomic mass is 35.5. The smallest absolute Gasteiger partial charge is 0.266 e. The van der Waals surface area contributed by atoms with Gasteiger partial charge in [0.1, 0.15) is 10.6 Å². The first-order valence-electron chi connectivity index (χ1n) is 12.7. The Morgan fingerprint density at radius 3 is 2.39 bits per heavy atom. The van der Waals surface area contributed by atoms with Gasteiger partial charge in [-0.1, -0.05) is 35.9 Å². The van der Waals surface area contributed by atoms with Crippen LogP contribution >= 0.6 is 22.9 Å². The number of nitrogens with zero attached hydrogens (tertiary/aromatic N) is 4. The van der Waals surface area contributed by atoms with Gasteiger partial charge in [-0.2, -0.15) is 0 Å². The molecule has 0 radical (unpaired) electrons. The van der Waals surface area contributed by atoms with E-state index in [2.05, 4.69) is 29.0 Å². The molecular formula is C29H32ClN5O2S. The Hall–Kier alpha value is -3.20. The van der Waals surface area contributed by atoms with Crippen LogP contribution in [0.15, 0.2) is 54.9 Å². The van der Waals surface area contributed by atoms with Gasteiger partial charge >= 0.3 is 0 Å². The molecule has 2 heterocycles. The van der Waals surface area contributed by atoms with Gasteiger partial charge in [-0.25, -0.2) is 9.97 Å². The van der Waals surface area contributed by atoms with Crippen LogP contribution in [0.3, 0.4) is 0 Å². The molecule has 1 amide bonds. The molecule has 0 aliphatic heterocycles. The van der Waals surface area contributed by atoms with E-state index in [0.29, 0.717) is 22.5 Å². The maximum atomic E-state index is 14.2. The molecule has 198 valence electrons. The normalized spacial score (nSPS) is 17.6. The number of carbonyl (C=O) groups excluding carboxylic acids is 1. The Kier molecular flexibility index (Phi) is 7.83. The van der Waals surface area contributed by atoms with Crippen LogP contribution in [0.5, 0.6) is 5.75 Å². The lowest BCUT2D eigenvalue weighted by molar-refractivity contribution is 0.0573. The second-order valence-corrected chi connectivity index (χ2v) is 11.4. The lowest BCUT2D eigenvalue weighted by atomic mass is 9.89. The molecule has 5 rings (SSSR count). The predicted octanol–water partition coefficient (Wildman–Crippen LogP) is 6.12. The number of thiophene rings is 1. The Morgan fingerprint density at radius 1 is 1.05 bits per heavy atom. The summed E-state index contributed by atoms with van der Waals surface area (Å²) in [6.07, 6.45) is 7.37. The molecule has 1 aliphatic rings. The summed E-state index contributed by atoms with van der Waals surface area (Å²) in [6.45, 7) is 0.410. The van der Waals surface area contributed by atoms with Crippen molar-refractivity contribution in [2.75, 3.05) is 26.9 Å². The first kappa shape index (κ1) is 26.4. The van der Waals surface area contributed by atoms with Crippen LogP contribution in [0.1, 0.15) is 40.9 Å². The van der Waals surface area contributed by atoms with Crippen molar-refractivity contribution in [2.45, 2.75) is 44.3 Å². The van der Waals surface area contributed by atoms with Gasteiger partial charge in [-0.3, -0.25) is 4.79 Å². The molecule has 38 heavy (non-hydrogen) atoms. The molecule has 4 aromatic rings. The van der Waals surface area contributed by atoms with Crippen LogP contribution in [0, 0.1) is 0 Å². The zero-order chi connectivity index (χ0) is 26.8. The molecule has 1 saturated carbocycles. The summed E-state index contributed by atoms with van der Waals surface area (Å²) < 4.78 is 6.74. The summed E-state index contributed by atoms with van der Waals surface area (Å²) in [5.74, 6) is 0.924. The number of amides is 1. The molecule has 2 aromatic heterocycles. The third-order valence-electron chi connectivity index (χ3n) is 7.45. The van der Waals surface area contributed by atoms with Crippen molar-refractivity contribution in [1.29, 1.82) is 0 Å². The number of rotatable bonds is 7. The summed E-state index contributed by atoms with van der Waals surface area (Å²) in [4.78, 5) is 27.4. The predicted molar refractivity (Wildman–Crippen MR) is 155 cm³/mol. The SMILES string of the molecule is COc1ccc(-c2cnc(N)nc2)cc1CN(C(=O)c1sc2ccccc2c1Cl)[C@H]1CC[C@H](N(C)C)CC1. The van der Waals surface area contributed by atoms with Crippen molar-refractivity contribution in [3.05, 3.63) is 70.3 Å². The number of hydrogen-bond donors (Lipinski definition) is 1. The Balaban J connectivity index is 1.52. The quantitative estimate of drug-likeness (QED) is 0.299. The summed E-state index contributed by atoms with van der Waals surface area (Å²) in [7, 11) is 5.91. The molecule has 0 unspecified atom stereocenters. The molecule has 1 fully saturated rings. The highest BCUT2D eigenvalue weighted by Crippen LogP contribution is 2.38. The number of anilines is 1. The van der Waals surface area contributed by atoms with Gasteiger partial charge in [0, 0.05) is 52.2 Å². The van der Waals surface area contributed by atoms with Crippen LogP contribution in [0.4, 0.5) is 5.95 Å². The first-order chi connectivity index (χ1) is 18.4. The van der Waals surface area contributed by atoms with Crippen molar-refractivity contribution in [2.24, 2.45) is 0 Å². The van der Waals surface area contributed by atoms with Crippen LogP contribution in [-0.4, -0.2) is 59.0 Å². The minimum absolute atomic E-state index is 0.0345. The number of aromatic nitrogens is 2. The van der Waals surface area contributed by atoms with Gasteiger partial charge in [0.2, 0.25) is 5.95 Å². The first-order valence-corrected chi connectivity index (χ1v) is 13.9. The van der Waals surface area contributed by atoms with E-state index in [-0.39, 0.29) is 17.9 Å². The number of halogens is 1. The van der Waals surface area contributed by atoms with Crippen molar-refractivity contribution >= 4 is 44.9 Å². The van der Waals surface area contributed by atoms with Gasteiger partial charge in [0.15, 0.2) is 0 Å². The van der Waals surface area contributed by atoms with E-state index < -0.39 is 0 Å². The summed E-state index contributed by atoms with van der Waals surface area (Å²) in [5, 5.41) is 1.45. The van der Waals surface area contributed by atoms with Crippen LogP contribution < -0.4 is 10.5 Å². The van der Waals surface area contributed by atoms with Crippen molar-refractivity contribution in [3.8, 4) is 16.9 Å². The minimum atomic E-state index is -0.0345. The number of fused-ring (bicyclic) bond motifs is 1. The number of ether oxygens (including phenoxy) is 1. The van der Waals surface area contributed by atoms with E-state index in [1.54, 1.807) is 19.5 Å². The Labute approximate surface area is 232 Å². The van der Waals surface area contributed by atoms with Gasteiger partial charge in [0.25, 0.3) is 5.91 Å². The van der Waals surface area contributed by atoms with Crippen molar-refractivity contribution < 1.29 is 9.53 Å². The Bertz CT molecular complexity index is 1430. The molecule has 2 N–H and O–H groups in total. The second-order valence-electron chi connectivity index (χ2n) is 9.96. The molecule has 2 aromatic carbocycles. The average Bonchev–Trinajstić information content (AvgIpc) is 3.28. The standard InChI is InChI=1S/C29H32ClN5O2S/c1-34(2)21-9-11-22(12-10-21)35(28(36)27-26(30)23-6-4-5-7-25(23)38-27)17-19-14-18(8-13-24(19)37-3)20-15-32-29(31)33-16-20/h4-8,13-16,21-22H,9-12,17H2,1-3H3,(H2,31,32,33)/t21-,22-. The molecule has 0 saturated heterocycles. The average molecular weight is 550 g/mol. The molecule has 0 spiro atoms. The number of nitrogens with two attached hydrogens (primary N) is 1. The fraction of sp³-hybridized carbons (Fsp3) is 0.345. The topological polar surface area (TPSA) is 84.6 Å². The van der Waals surface area contributed by atoms with E-state index in [1.165, 1.54) is 11.3 Å². The largest absolute Gasteiger partial charge is 0.496 e. The zero-order valence-electron chi connectivity index (χ0n) is 21.9. The van der Waals surface area contributed by atoms with Crippen molar-refractivity contribution in [3.63, 3.8) is 0 Å². The maximum Gasteiger partial charge on any atom is 0.266 e.